The van der Waals surface area contributed by atoms with Crippen molar-refractivity contribution in [3.63, 3.8) is 0 Å². The third-order valence-corrected chi connectivity index (χ3v) is 15.2. The van der Waals surface area contributed by atoms with Gasteiger partial charge in [-0.3, -0.25) is 0 Å². The van der Waals surface area contributed by atoms with E-state index in [1.165, 1.54) is 44.2 Å². The highest BCUT2D eigenvalue weighted by Gasteiger charge is 2.19. The Labute approximate surface area is 469 Å². The molecule has 0 unspecified atom stereocenters. The molecule has 0 spiro atoms. The van der Waals surface area contributed by atoms with E-state index < -0.39 is 0 Å². The summed E-state index contributed by atoms with van der Waals surface area (Å²) in [7, 11) is 0. The molecule has 0 aliphatic rings. The number of nitriles is 1. The highest BCUT2D eigenvalue weighted by atomic mass is 16.3. The van der Waals surface area contributed by atoms with E-state index in [4.69, 9.17) is 19.6 Å². The third-order valence-electron chi connectivity index (χ3n) is 15.2. The summed E-state index contributed by atoms with van der Waals surface area (Å²) < 4.78 is 6.02. The monoisotopic (exact) mass is 1030 g/mol. The minimum Gasteiger partial charge on any atom is -0.436 e. The number of fused-ring (bicyclic) bond motifs is 7. The van der Waals surface area contributed by atoms with E-state index in [0.717, 1.165) is 94.0 Å². The minimum atomic E-state index is 0.630. The van der Waals surface area contributed by atoms with Crippen LogP contribution in [0.1, 0.15) is 5.56 Å². The molecule has 3 aromatic heterocycles. The molecule has 0 radical (unpaired) electrons. The van der Waals surface area contributed by atoms with E-state index in [9.17, 15) is 0 Å². The lowest BCUT2D eigenvalue weighted by Crippen LogP contribution is -1.93. The van der Waals surface area contributed by atoms with Crippen LogP contribution in [0.4, 0.5) is 0 Å². The molecular formula is C76H48N4O. The largest absolute Gasteiger partial charge is 0.436 e. The van der Waals surface area contributed by atoms with Crippen molar-refractivity contribution in [3.05, 3.63) is 297 Å². The van der Waals surface area contributed by atoms with Gasteiger partial charge in [-0.25, -0.2) is 15.0 Å². The Morgan fingerprint density at radius 1 is 0.272 bits per heavy atom. The number of hydrogen-bond acceptors (Lipinski definition) is 5. The van der Waals surface area contributed by atoms with Crippen LogP contribution in [0, 0.1) is 11.3 Å². The molecule has 0 atom stereocenters. The van der Waals surface area contributed by atoms with Crippen molar-refractivity contribution >= 4 is 54.5 Å². The fraction of sp³-hybridized carbons (Fsp3) is 0. The molecule has 0 saturated heterocycles. The van der Waals surface area contributed by atoms with E-state index >= 15 is 0 Å². The quantitative estimate of drug-likeness (QED) is 0.142. The molecule has 0 N–H and O–H groups in total. The van der Waals surface area contributed by atoms with Gasteiger partial charge >= 0.3 is 0 Å². The number of benzene rings is 12. The average Bonchev–Trinajstić information content (AvgIpc) is 4.15. The Balaban J connectivity index is 0.000000146. The van der Waals surface area contributed by atoms with Gasteiger partial charge in [0.15, 0.2) is 5.58 Å². The summed E-state index contributed by atoms with van der Waals surface area (Å²) in [4.78, 5) is 15.2. The fourth-order valence-electron chi connectivity index (χ4n) is 11.2. The molecule has 0 aliphatic carbocycles. The maximum Gasteiger partial charge on any atom is 0.227 e. The molecule has 15 rings (SSSR count). The normalized spacial score (nSPS) is 11.2. The molecule has 15 aromatic rings. The standard InChI is InChI=1S/C38H24N2O.C38H24N2/c1-3-11-25(12-4-1)32-24-35(27-13-5-2-6-14-27)39-37-30-16-8-7-15-29(30)31(23-33(32)37)26-19-21-28(22-20-26)38-40-34-17-9-10-18-36(34)41-38;39-25-26-15-17-27(18-16-26)28-19-21-30(22-20-28)34-23-36-35(29-9-3-1-4-10-29)24-37(31-11-5-2-6-12-31)40-38(36)33-14-8-7-13-32(33)34/h1-24H;1-24H. The van der Waals surface area contributed by atoms with Crippen molar-refractivity contribution in [2.24, 2.45) is 0 Å². The Bertz CT molecular complexity index is 4790. The lowest BCUT2D eigenvalue weighted by Gasteiger charge is -2.16. The number of para-hydroxylation sites is 2. The van der Waals surface area contributed by atoms with Crippen LogP contribution in [0.3, 0.4) is 0 Å². The van der Waals surface area contributed by atoms with Crippen molar-refractivity contribution in [2.45, 2.75) is 0 Å². The number of nitrogens with zero attached hydrogens (tertiary/aromatic N) is 4. The Kier molecular flexibility index (Phi) is 12.6. The second-order valence-electron chi connectivity index (χ2n) is 20.1. The van der Waals surface area contributed by atoms with Gasteiger partial charge < -0.3 is 4.42 Å². The predicted molar refractivity (Wildman–Crippen MR) is 334 cm³/mol. The lowest BCUT2D eigenvalue weighted by molar-refractivity contribution is 0.620. The first-order valence-corrected chi connectivity index (χ1v) is 27.1. The smallest absolute Gasteiger partial charge is 0.227 e. The van der Waals surface area contributed by atoms with Gasteiger partial charge in [0.2, 0.25) is 5.89 Å². The summed E-state index contributed by atoms with van der Waals surface area (Å²) in [6, 6.07) is 103. The van der Waals surface area contributed by atoms with Gasteiger partial charge in [-0.05, 0) is 127 Å². The molecular weight excluding hydrogens is 985 g/mol. The van der Waals surface area contributed by atoms with Crippen LogP contribution in [0.15, 0.2) is 296 Å². The molecule has 3 heterocycles. The summed E-state index contributed by atoms with van der Waals surface area (Å²) in [5.74, 6) is 0.630. The fourth-order valence-corrected chi connectivity index (χ4v) is 11.2. The summed E-state index contributed by atoms with van der Waals surface area (Å²) in [6.07, 6.45) is 0. The third kappa shape index (κ3) is 9.33. The van der Waals surface area contributed by atoms with Crippen molar-refractivity contribution < 1.29 is 4.42 Å². The zero-order valence-electron chi connectivity index (χ0n) is 43.9. The average molecular weight is 1030 g/mol. The predicted octanol–water partition coefficient (Wildman–Crippen LogP) is 20.1. The van der Waals surface area contributed by atoms with Crippen LogP contribution < -0.4 is 0 Å². The Morgan fingerprint density at radius 3 is 1.06 bits per heavy atom. The summed E-state index contributed by atoms with van der Waals surface area (Å²) >= 11 is 0. The molecule has 12 aromatic carbocycles. The molecule has 0 amide bonds. The second-order valence-corrected chi connectivity index (χ2v) is 20.1. The molecule has 0 aliphatic heterocycles. The van der Waals surface area contributed by atoms with Crippen molar-refractivity contribution in [2.75, 3.05) is 0 Å². The first-order valence-electron chi connectivity index (χ1n) is 27.1. The van der Waals surface area contributed by atoms with Crippen LogP contribution >= 0.6 is 0 Å². The van der Waals surface area contributed by atoms with Gasteiger partial charge in [0.1, 0.15) is 5.52 Å². The zero-order valence-corrected chi connectivity index (χ0v) is 43.9. The summed E-state index contributed by atoms with van der Waals surface area (Å²) in [5.41, 5.74) is 21.0. The first kappa shape index (κ1) is 48.3. The maximum absolute atomic E-state index is 9.13. The van der Waals surface area contributed by atoms with Crippen LogP contribution in [0.5, 0.6) is 0 Å². The van der Waals surface area contributed by atoms with Gasteiger partial charge in [0, 0.05) is 38.2 Å². The van der Waals surface area contributed by atoms with Gasteiger partial charge in [0.05, 0.1) is 34.1 Å². The molecule has 378 valence electrons. The Morgan fingerprint density at radius 2 is 0.617 bits per heavy atom. The zero-order chi connectivity index (χ0) is 54.1. The summed E-state index contributed by atoms with van der Waals surface area (Å²) in [6.45, 7) is 0. The van der Waals surface area contributed by atoms with Gasteiger partial charge in [-0.2, -0.15) is 5.26 Å². The van der Waals surface area contributed by atoms with Crippen molar-refractivity contribution in [1.82, 2.24) is 15.0 Å². The number of pyridine rings is 2. The van der Waals surface area contributed by atoms with Crippen LogP contribution in [0.25, 0.3) is 144 Å². The highest BCUT2D eigenvalue weighted by Crippen LogP contribution is 2.43. The number of oxazole rings is 1. The van der Waals surface area contributed by atoms with Crippen LogP contribution in [-0.2, 0) is 0 Å². The van der Waals surface area contributed by atoms with E-state index in [2.05, 4.69) is 242 Å². The summed E-state index contributed by atoms with van der Waals surface area (Å²) in [5, 5.41) is 16.0. The maximum atomic E-state index is 9.13. The number of aromatic nitrogens is 3. The lowest BCUT2D eigenvalue weighted by atomic mass is 9.90. The number of rotatable bonds is 8. The first-order chi connectivity index (χ1) is 40.1. The van der Waals surface area contributed by atoms with Gasteiger partial charge in [-0.15, -0.1) is 0 Å². The Hall–Kier alpha value is -11.1. The van der Waals surface area contributed by atoms with Crippen molar-refractivity contribution in [3.8, 4) is 95.7 Å². The van der Waals surface area contributed by atoms with Crippen LogP contribution in [0.2, 0.25) is 0 Å². The van der Waals surface area contributed by atoms with E-state index in [0.29, 0.717) is 11.5 Å². The van der Waals surface area contributed by atoms with Crippen LogP contribution in [-0.4, -0.2) is 15.0 Å². The molecule has 0 saturated carbocycles. The second kappa shape index (κ2) is 21.1. The minimum absolute atomic E-state index is 0.630. The highest BCUT2D eigenvalue weighted by molar-refractivity contribution is 6.17. The van der Waals surface area contributed by atoms with E-state index in [1.807, 2.05) is 60.7 Å². The number of hydrogen-bond donors (Lipinski definition) is 0. The molecule has 81 heavy (non-hydrogen) atoms. The van der Waals surface area contributed by atoms with E-state index in [1.54, 1.807) is 0 Å². The molecule has 0 fully saturated rings. The molecule has 5 heteroatoms. The SMILES string of the molecule is N#Cc1ccc(-c2ccc(-c3cc4c(-c5ccccc5)cc(-c5ccccc5)nc4c4ccccc34)cc2)cc1.c1ccc(-c2cc(-c3ccccc3)c3cc(-c4ccc(-c5nc6ccccc6o5)cc4)c4ccccc4c3n2)cc1. The van der Waals surface area contributed by atoms with E-state index in [-0.39, 0.29) is 0 Å². The van der Waals surface area contributed by atoms with Crippen molar-refractivity contribution in [1.29, 1.82) is 5.26 Å². The van der Waals surface area contributed by atoms with Gasteiger partial charge in [-0.1, -0.05) is 231 Å². The molecule has 0 bridgehead atoms. The molecule has 5 nitrogen and oxygen atoms in total. The van der Waals surface area contributed by atoms with Gasteiger partial charge in [0.25, 0.3) is 0 Å². The topological polar surface area (TPSA) is 75.6 Å².